The summed E-state index contributed by atoms with van der Waals surface area (Å²) in [6.07, 6.45) is -3.67. The second-order valence-electron chi connectivity index (χ2n) is 4.04. The Morgan fingerprint density at radius 1 is 1.20 bits per heavy atom. The fraction of sp³-hybridized carbons (Fsp3) is 1.00. The third-order valence-corrected chi connectivity index (χ3v) is 2.63. The Bertz CT molecular complexity index is 161. The van der Waals surface area contributed by atoms with Gasteiger partial charge in [0, 0.05) is 12.0 Å². The largest absolute Gasteiger partial charge is 0.411 e. The molecule has 0 aromatic carbocycles. The van der Waals surface area contributed by atoms with E-state index in [2.05, 4.69) is 4.74 Å². The minimum atomic E-state index is -4.24. The van der Waals surface area contributed by atoms with E-state index in [0.717, 1.165) is 0 Å². The van der Waals surface area contributed by atoms with Gasteiger partial charge in [-0.25, -0.2) is 0 Å². The molecule has 0 aromatic rings. The van der Waals surface area contributed by atoms with Gasteiger partial charge in [0.1, 0.15) is 6.61 Å². The number of ether oxygens (including phenoxy) is 1. The molecule has 2 atom stereocenters. The zero-order valence-electron chi connectivity index (χ0n) is 9.27. The van der Waals surface area contributed by atoms with Crippen LogP contribution in [-0.4, -0.2) is 24.8 Å². The molecule has 1 nitrogen and oxygen atoms in total. The van der Waals surface area contributed by atoms with Gasteiger partial charge in [0.05, 0.1) is 0 Å². The first-order chi connectivity index (χ1) is 6.74. The van der Waals surface area contributed by atoms with E-state index in [0.29, 0.717) is 12.3 Å². The average molecular weight is 247 g/mol. The molecule has 2 unspecified atom stereocenters. The van der Waals surface area contributed by atoms with Crippen LogP contribution < -0.4 is 0 Å². The van der Waals surface area contributed by atoms with E-state index in [1.807, 2.05) is 20.8 Å². The summed E-state index contributed by atoms with van der Waals surface area (Å²) in [5.74, 6) is 0.548. The van der Waals surface area contributed by atoms with Crippen LogP contribution in [0.3, 0.4) is 0 Å². The Morgan fingerprint density at radius 3 is 2.07 bits per heavy atom. The Kier molecular flexibility index (Phi) is 6.60. The molecule has 0 fully saturated rings. The van der Waals surface area contributed by atoms with Gasteiger partial charge in [-0.3, -0.25) is 0 Å². The third kappa shape index (κ3) is 7.91. The van der Waals surface area contributed by atoms with E-state index >= 15 is 0 Å². The molecule has 5 heteroatoms. The molecule has 15 heavy (non-hydrogen) atoms. The standard InChI is InChI=1S/C10H18ClF3O/c1-7(2)9(8(3)11)4-5-15-6-10(12,13)14/h7-9H,4-6H2,1-3H3. The predicted molar refractivity (Wildman–Crippen MR) is 55.1 cm³/mol. The van der Waals surface area contributed by atoms with E-state index in [9.17, 15) is 13.2 Å². The predicted octanol–water partition coefficient (Wildman–Crippen LogP) is 3.85. The second kappa shape index (κ2) is 6.59. The van der Waals surface area contributed by atoms with Crippen LogP contribution in [0.5, 0.6) is 0 Å². The Labute approximate surface area is 93.9 Å². The smallest absolute Gasteiger partial charge is 0.372 e. The van der Waals surface area contributed by atoms with Gasteiger partial charge in [0.15, 0.2) is 0 Å². The van der Waals surface area contributed by atoms with Gasteiger partial charge >= 0.3 is 6.18 Å². The van der Waals surface area contributed by atoms with Crippen molar-refractivity contribution in [1.82, 2.24) is 0 Å². The highest BCUT2D eigenvalue weighted by Gasteiger charge is 2.27. The quantitative estimate of drug-likeness (QED) is 0.511. The van der Waals surface area contributed by atoms with Gasteiger partial charge < -0.3 is 4.74 Å². The summed E-state index contributed by atoms with van der Waals surface area (Å²) in [7, 11) is 0. The second-order valence-corrected chi connectivity index (χ2v) is 4.73. The summed E-state index contributed by atoms with van der Waals surface area (Å²) in [6, 6.07) is 0. The summed E-state index contributed by atoms with van der Waals surface area (Å²) in [5.41, 5.74) is 0. The molecule has 0 saturated carbocycles. The topological polar surface area (TPSA) is 9.23 Å². The number of hydrogen-bond donors (Lipinski definition) is 0. The molecular formula is C10H18ClF3O. The van der Waals surface area contributed by atoms with Crippen molar-refractivity contribution in [2.75, 3.05) is 13.2 Å². The average Bonchev–Trinajstić information content (AvgIpc) is 2.00. The number of alkyl halides is 4. The van der Waals surface area contributed by atoms with E-state index in [-0.39, 0.29) is 17.9 Å². The van der Waals surface area contributed by atoms with Crippen molar-refractivity contribution >= 4 is 11.6 Å². The van der Waals surface area contributed by atoms with Crippen LogP contribution in [0, 0.1) is 11.8 Å². The Morgan fingerprint density at radius 2 is 1.73 bits per heavy atom. The normalized spacial score (nSPS) is 16.8. The monoisotopic (exact) mass is 246 g/mol. The molecule has 0 radical (unpaired) electrons. The van der Waals surface area contributed by atoms with Crippen LogP contribution in [0.25, 0.3) is 0 Å². The summed E-state index contributed by atoms with van der Waals surface area (Å²) >= 11 is 5.93. The summed E-state index contributed by atoms with van der Waals surface area (Å²) < 4.78 is 39.8. The van der Waals surface area contributed by atoms with Crippen molar-refractivity contribution in [2.45, 2.75) is 38.7 Å². The molecule has 0 aliphatic carbocycles. The first-order valence-corrected chi connectivity index (χ1v) is 5.46. The maximum Gasteiger partial charge on any atom is 0.411 e. The fourth-order valence-corrected chi connectivity index (χ4v) is 1.92. The molecule has 0 aliphatic heterocycles. The fourth-order valence-electron chi connectivity index (χ4n) is 1.50. The van der Waals surface area contributed by atoms with Gasteiger partial charge in [-0.2, -0.15) is 13.2 Å². The lowest BCUT2D eigenvalue weighted by Crippen LogP contribution is -2.22. The highest BCUT2D eigenvalue weighted by Crippen LogP contribution is 2.23. The maximum absolute atomic E-state index is 11.7. The van der Waals surface area contributed by atoms with Crippen LogP contribution in [0.15, 0.2) is 0 Å². The highest BCUT2D eigenvalue weighted by atomic mass is 35.5. The zero-order valence-corrected chi connectivity index (χ0v) is 10.0. The third-order valence-electron chi connectivity index (χ3n) is 2.31. The minimum absolute atomic E-state index is 0.0421. The number of hydrogen-bond acceptors (Lipinski definition) is 1. The molecule has 0 spiro atoms. The Balaban J connectivity index is 3.73. The van der Waals surface area contributed by atoms with Gasteiger partial charge in [0.25, 0.3) is 0 Å². The van der Waals surface area contributed by atoms with E-state index in [4.69, 9.17) is 11.6 Å². The molecule has 0 saturated heterocycles. The summed E-state index contributed by atoms with van der Waals surface area (Å²) in [6.45, 7) is 4.81. The molecule has 0 aromatic heterocycles. The lowest BCUT2D eigenvalue weighted by Gasteiger charge is -2.23. The maximum atomic E-state index is 11.7. The molecule has 0 aliphatic rings. The number of rotatable bonds is 6. The highest BCUT2D eigenvalue weighted by molar-refractivity contribution is 6.20. The van der Waals surface area contributed by atoms with E-state index in [1.165, 1.54) is 0 Å². The molecular weight excluding hydrogens is 229 g/mol. The van der Waals surface area contributed by atoms with Crippen molar-refractivity contribution < 1.29 is 17.9 Å². The van der Waals surface area contributed by atoms with Gasteiger partial charge in [-0.05, 0) is 25.2 Å². The molecule has 0 rings (SSSR count). The van der Waals surface area contributed by atoms with E-state index < -0.39 is 12.8 Å². The van der Waals surface area contributed by atoms with Crippen molar-refractivity contribution in [3.05, 3.63) is 0 Å². The zero-order chi connectivity index (χ0) is 12.1. The number of halogens is 4. The van der Waals surface area contributed by atoms with Gasteiger partial charge in [0.2, 0.25) is 0 Å². The van der Waals surface area contributed by atoms with Crippen molar-refractivity contribution in [2.24, 2.45) is 11.8 Å². The van der Waals surface area contributed by atoms with Crippen molar-refractivity contribution in [3.8, 4) is 0 Å². The molecule has 0 heterocycles. The Hall–Kier alpha value is 0.0400. The molecule has 0 amide bonds. The minimum Gasteiger partial charge on any atom is -0.372 e. The lowest BCUT2D eigenvalue weighted by molar-refractivity contribution is -0.174. The van der Waals surface area contributed by atoms with Crippen LogP contribution in [0.2, 0.25) is 0 Å². The van der Waals surface area contributed by atoms with Gasteiger partial charge in [-0.15, -0.1) is 11.6 Å². The molecule has 0 N–H and O–H groups in total. The molecule has 92 valence electrons. The van der Waals surface area contributed by atoms with Crippen LogP contribution in [0.1, 0.15) is 27.2 Å². The first-order valence-electron chi connectivity index (χ1n) is 5.02. The molecule has 0 bridgehead atoms. The van der Waals surface area contributed by atoms with Gasteiger partial charge in [-0.1, -0.05) is 13.8 Å². The summed E-state index contributed by atoms with van der Waals surface area (Å²) in [4.78, 5) is 0. The van der Waals surface area contributed by atoms with Crippen molar-refractivity contribution in [3.63, 3.8) is 0 Å². The van der Waals surface area contributed by atoms with Crippen LogP contribution >= 0.6 is 11.6 Å². The van der Waals surface area contributed by atoms with E-state index in [1.54, 1.807) is 0 Å². The lowest BCUT2D eigenvalue weighted by atomic mass is 9.90. The van der Waals surface area contributed by atoms with Crippen LogP contribution in [0.4, 0.5) is 13.2 Å². The summed E-state index contributed by atoms with van der Waals surface area (Å²) in [5, 5.41) is -0.0421. The van der Waals surface area contributed by atoms with Crippen LogP contribution in [-0.2, 0) is 4.74 Å². The first kappa shape index (κ1) is 15.0. The van der Waals surface area contributed by atoms with Crippen molar-refractivity contribution in [1.29, 1.82) is 0 Å². The SMILES string of the molecule is CC(C)C(CCOCC(F)(F)F)C(C)Cl.